The van der Waals surface area contributed by atoms with E-state index in [0.717, 1.165) is 0 Å². The minimum atomic E-state index is -0.581. The van der Waals surface area contributed by atoms with Crippen LogP contribution in [0, 0.1) is 0 Å². The van der Waals surface area contributed by atoms with Crippen molar-refractivity contribution in [3.8, 4) is 55.6 Å². The molecular formula is C79H58N2. The molecule has 0 bridgehead atoms. The molecule has 0 amide bonds. The van der Waals surface area contributed by atoms with Crippen LogP contribution in [0.15, 0.2) is 243 Å². The van der Waals surface area contributed by atoms with Crippen LogP contribution in [-0.2, 0) is 16.2 Å². The predicted molar refractivity (Wildman–Crippen MR) is 342 cm³/mol. The summed E-state index contributed by atoms with van der Waals surface area (Å²) in [6.07, 6.45) is 0. The number of benzene rings is 13. The minimum absolute atomic E-state index is 0.277. The highest BCUT2D eigenvalue weighted by Crippen LogP contribution is 2.67. The first-order valence-electron chi connectivity index (χ1n) is 28.8. The quantitative estimate of drug-likeness (QED) is 0.129. The lowest BCUT2D eigenvalue weighted by Crippen LogP contribution is -2.31. The maximum absolute atomic E-state index is 2.57. The zero-order chi connectivity index (χ0) is 54.3. The van der Waals surface area contributed by atoms with Gasteiger partial charge in [-0.25, -0.2) is 0 Å². The molecule has 1 spiro atoms. The molecule has 1 atom stereocenters. The Labute approximate surface area is 473 Å². The van der Waals surface area contributed by atoms with Gasteiger partial charge in [-0.05, 0) is 174 Å². The van der Waals surface area contributed by atoms with Gasteiger partial charge in [-0.15, -0.1) is 0 Å². The summed E-state index contributed by atoms with van der Waals surface area (Å²) in [6, 6.07) is 93.1. The number of anilines is 4. The van der Waals surface area contributed by atoms with Crippen LogP contribution in [0.1, 0.15) is 72.2 Å². The lowest BCUT2D eigenvalue weighted by atomic mass is 9.69. The summed E-state index contributed by atoms with van der Waals surface area (Å²) in [4.78, 5) is 4.82. The van der Waals surface area contributed by atoms with E-state index in [0.29, 0.717) is 0 Å². The molecule has 4 aliphatic rings. The van der Waals surface area contributed by atoms with E-state index in [-0.39, 0.29) is 10.8 Å². The largest absolute Gasteiger partial charge is 0.344 e. The maximum Gasteiger partial charge on any atom is 0.0731 e. The number of fused-ring (bicyclic) bond motifs is 21. The van der Waals surface area contributed by atoms with Crippen molar-refractivity contribution in [3.63, 3.8) is 0 Å². The van der Waals surface area contributed by atoms with Gasteiger partial charge in [0.05, 0.1) is 5.41 Å². The number of nitrogens with zero attached hydrogens (tertiary/aromatic N) is 2. The van der Waals surface area contributed by atoms with Crippen LogP contribution >= 0.6 is 0 Å². The van der Waals surface area contributed by atoms with Crippen molar-refractivity contribution in [1.82, 2.24) is 0 Å². The molecule has 2 heteroatoms. The highest BCUT2D eigenvalue weighted by Gasteiger charge is 2.54. The highest BCUT2D eigenvalue weighted by atomic mass is 15.1. The molecule has 2 nitrogen and oxygen atoms in total. The summed E-state index contributed by atoms with van der Waals surface area (Å²) >= 11 is 0. The third-order valence-corrected chi connectivity index (χ3v) is 19.8. The van der Waals surface area contributed by atoms with E-state index in [2.05, 4.69) is 294 Å². The van der Waals surface area contributed by atoms with Gasteiger partial charge in [-0.2, -0.15) is 0 Å². The molecule has 13 aromatic rings. The Balaban J connectivity index is 1.01. The fourth-order valence-corrected chi connectivity index (χ4v) is 16.5. The van der Waals surface area contributed by atoms with Crippen molar-refractivity contribution in [2.75, 3.05) is 23.9 Å². The van der Waals surface area contributed by atoms with Gasteiger partial charge in [0, 0.05) is 47.7 Å². The molecule has 2 aliphatic heterocycles. The van der Waals surface area contributed by atoms with Crippen LogP contribution < -0.4 is 9.80 Å². The summed E-state index contributed by atoms with van der Waals surface area (Å²) < 4.78 is 0. The molecule has 0 fully saturated rings. The van der Waals surface area contributed by atoms with Crippen LogP contribution in [0.5, 0.6) is 0 Å². The summed E-state index contributed by atoms with van der Waals surface area (Å²) in [5, 5.41) is 10.2. The number of hydrogen-bond acceptors (Lipinski definition) is 2. The molecule has 1 unspecified atom stereocenters. The van der Waals surface area contributed by atoms with Gasteiger partial charge in [0.2, 0.25) is 0 Å². The number of para-hydroxylation sites is 2. The van der Waals surface area contributed by atoms with Gasteiger partial charge in [-0.3, -0.25) is 0 Å². The smallest absolute Gasteiger partial charge is 0.0731 e. The van der Waals surface area contributed by atoms with E-state index in [1.54, 1.807) is 0 Å². The van der Waals surface area contributed by atoms with Crippen molar-refractivity contribution in [3.05, 3.63) is 287 Å². The summed E-state index contributed by atoms with van der Waals surface area (Å²) in [5.74, 6) is 0. The number of hydrogen-bond donors (Lipinski definition) is 0. The zero-order valence-corrected chi connectivity index (χ0v) is 46.5. The van der Waals surface area contributed by atoms with Crippen molar-refractivity contribution in [2.45, 2.75) is 43.9 Å². The van der Waals surface area contributed by atoms with Crippen molar-refractivity contribution in [1.29, 1.82) is 0 Å². The Morgan fingerprint density at radius 1 is 0.235 bits per heavy atom. The summed E-state index contributed by atoms with van der Waals surface area (Å²) in [6.45, 7) is 9.69. The molecular weight excluding hydrogens is 977 g/mol. The van der Waals surface area contributed by atoms with Gasteiger partial charge in [0.25, 0.3) is 0 Å². The second kappa shape index (κ2) is 16.3. The summed E-state index contributed by atoms with van der Waals surface area (Å²) in [7, 11) is 4.48. The first-order chi connectivity index (χ1) is 39.6. The van der Waals surface area contributed by atoms with E-state index < -0.39 is 5.41 Å². The van der Waals surface area contributed by atoms with Crippen LogP contribution in [0.4, 0.5) is 22.7 Å². The average molecular weight is 1040 g/mol. The fraction of sp³-hybridized carbons (Fsp3) is 0.114. The molecule has 13 aromatic carbocycles. The minimum Gasteiger partial charge on any atom is -0.344 e. The van der Waals surface area contributed by atoms with Gasteiger partial charge >= 0.3 is 0 Å². The van der Waals surface area contributed by atoms with E-state index in [1.165, 1.54) is 166 Å². The zero-order valence-electron chi connectivity index (χ0n) is 46.5. The lowest BCUT2D eigenvalue weighted by Gasteiger charge is -2.42. The van der Waals surface area contributed by atoms with E-state index >= 15 is 0 Å². The standard InChI is InChI=1S/C79H58N2/c1-77(2)64-39-15-17-42-67(64)80(5)69-44-22-34-54(74(69)77)49-30-19-32-52-60(49)46-61-50(55-35-23-45-70-75(55)78(3,4)65-40-16-18-43-68(65)81(70)6)31-20-33-53(61)71(52)59-36-21-41-66-72(59)57-28-11-13-37-62(57)79(66)63-38-14-12-29-58(63)73-51-26-9-7-24-47(51)48-25-8-10-27-56(48)76(73)79/h7-46H,1-6H3. The molecule has 17 rings (SSSR count). The molecule has 0 saturated heterocycles. The third kappa shape index (κ3) is 5.82. The molecule has 0 radical (unpaired) electrons. The van der Waals surface area contributed by atoms with Gasteiger partial charge < -0.3 is 9.80 Å². The number of rotatable bonds is 3. The van der Waals surface area contributed by atoms with Crippen molar-refractivity contribution >= 4 is 65.8 Å². The lowest BCUT2D eigenvalue weighted by molar-refractivity contribution is 0.631. The maximum atomic E-state index is 2.57. The molecule has 0 N–H and O–H groups in total. The molecule has 2 heterocycles. The predicted octanol–water partition coefficient (Wildman–Crippen LogP) is 20.5. The average Bonchev–Trinajstić information content (AvgIpc) is 2.83. The van der Waals surface area contributed by atoms with Crippen molar-refractivity contribution in [2.24, 2.45) is 0 Å². The van der Waals surface area contributed by atoms with E-state index in [4.69, 9.17) is 0 Å². The second-order valence-corrected chi connectivity index (χ2v) is 24.3. The summed E-state index contributed by atoms with van der Waals surface area (Å²) in [5.41, 5.74) is 27.5. The Morgan fingerprint density at radius 2 is 0.580 bits per heavy atom. The van der Waals surface area contributed by atoms with Crippen LogP contribution in [0.2, 0.25) is 0 Å². The molecule has 81 heavy (non-hydrogen) atoms. The van der Waals surface area contributed by atoms with Crippen LogP contribution in [0.3, 0.4) is 0 Å². The van der Waals surface area contributed by atoms with Gasteiger partial charge in [0.15, 0.2) is 0 Å². The first kappa shape index (κ1) is 46.4. The highest BCUT2D eigenvalue weighted by molar-refractivity contribution is 6.23. The van der Waals surface area contributed by atoms with Crippen LogP contribution in [-0.4, -0.2) is 14.1 Å². The molecule has 0 aromatic heterocycles. The Kier molecular flexibility index (Phi) is 9.35. The monoisotopic (exact) mass is 1030 g/mol. The molecule has 384 valence electrons. The van der Waals surface area contributed by atoms with E-state index in [1.807, 2.05) is 0 Å². The molecule has 2 aliphatic carbocycles. The molecule has 0 saturated carbocycles. The van der Waals surface area contributed by atoms with Gasteiger partial charge in [0.1, 0.15) is 0 Å². The van der Waals surface area contributed by atoms with Crippen molar-refractivity contribution < 1.29 is 0 Å². The topological polar surface area (TPSA) is 6.48 Å². The fourth-order valence-electron chi connectivity index (χ4n) is 16.5. The normalized spacial score (nSPS) is 16.5. The Bertz CT molecular complexity index is 4760. The second-order valence-electron chi connectivity index (χ2n) is 24.3. The first-order valence-corrected chi connectivity index (χ1v) is 28.8. The van der Waals surface area contributed by atoms with E-state index in [9.17, 15) is 0 Å². The van der Waals surface area contributed by atoms with Gasteiger partial charge in [-0.1, -0.05) is 240 Å². The van der Waals surface area contributed by atoms with Crippen LogP contribution in [0.25, 0.3) is 98.7 Å². The SMILES string of the molecule is CN1c2ccccc2C(C)(C)c2c(-c3cccc4c(-c5cccc6c5-c5ccccc5C65c6ccccc6-c6c5c5ccccc5c5ccccc65)c5cccc(-c6cccc7c6C(C)(C)c6ccccc6N7C)c5cc34)cccc21. The Hall–Kier alpha value is -9.50. The third-order valence-electron chi connectivity index (χ3n) is 19.8. The Morgan fingerprint density at radius 3 is 1.14 bits per heavy atom.